The Morgan fingerprint density at radius 3 is 2.86 bits per heavy atom. The molecule has 0 spiro atoms. The fourth-order valence-corrected chi connectivity index (χ4v) is 1.37. The van der Waals surface area contributed by atoms with Crippen LogP contribution < -0.4 is 0 Å². The van der Waals surface area contributed by atoms with Gasteiger partial charge in [-0.15, -0.1) is 0 Å². The Morgan fingerprint density at radius 1 is 1.36 bits per heavy atom. The highest BCUT2D eigenvalue weighted by atomic mass is 14.7. The summed E-state index contributed by atoms with van der Waals surface area (Å²) in [5.41, 5.74) is 1.74. The number of H-pyrrole nitrogens is 1. The average molecular weight is 183 g/mol. The lowest BCUT2D eigenvalue weighted by Gasteiger charge is -2.04. The van der Waals surface area contributed by atoms with Crippen molar-refractivity contribution in [3.63, 3.8) is 0 Å². The molecule has 0 fully saturated rings. The number of rotatable bonds is 2. The largest absolute Gasteiger partial charge is 0.367 e. The number of hydrogen-bond donors (Lipinski definition) is 1. The molecule has 0 saturated carbocycles. The van der Waals surface area contributed by atoms with E-state index in [4.69, 9.17) is 5.26 Å². The lowest BCUT2D eigenvalue weighted by atomic mass is 10.00. The molecule has 0 aromatic carbocycles. The van der Waals surface area contributed by atoms with E-state index in [1.807, 2.05) is 36.7 Å². The molecule has 0 aliphatic rings. The van der Waals surface area contributed by atoms with Crippen molar-refractivity contribution >= 4 is 0 Å². The monoisotopic (exact) mass is 183 g/mol. The summed E-state index contributed by atoms with van der Waals surface area (Å²) < 4.78 is 0. The van der Waals surface area contributed by atoms with Crippen molar-refractivity contribution in [1.29, 1.82) is 5.26 Å². The Hall–Kier alpha value is -2.08. The minimum Gasteiger partial charge on any atom is -0.367 e. The Balaban J connectivity index is 2.38. The van der Waals surface area contributed by atoms with Crippen LogP contribution in [0.15, 0.2) is 42.9 Å². The van der Waals surface area contributed by atoms with Crippen LogP contribution in [-0.2, 0) is 0 Å². The quantitative estimate of drug-likeness (QED) is 0.774. The number of hydrogen-bond acceptors (Lipinski definition) is 2. The first kappa shape index (κ1) is 8.52. The van der Waals surface area contributed by atoms with Crippen LogP contribution in [0.4, 0.5) is 0 Å². The fourth-order valence-electron chi connectivity index (χ4n) is 1.37. The molecule has 0 amide bonds. The van der Waals surface area contributed by atoms with E-state index in [2.05, 4.69) is 16.0 Å². The molecule has 2 rings (SSSR count). The number of aromatic amines is 1. The first-order valence-electron chi connectivity index (χ1n) is 4.35. The Kier molecular flexibility index (Phi) is 2.28. The first-order chi connectivity index (χ1) is 6.92. The van der Waals surface area contributed by atoms with E-state index in [-0.39, 0.29) is 5.92 Å². The Morgan fingerprint density at radius 2 is 2.29 bits per heavy atom. The SMILES string of the molecule is N#CC(c1cc[nH]c1)c1ccccn1. The van der Waals surface area contributed by atoms with Gasteiger partial charge in [0.1, 0.15) is 5.92 Å². The van der Waals surface area contributed by atoms with Crippen LogP contribution in [0.5, 0.6) is 0 Å². The van der Waals surface area contributed by atoms with E-state index in [0.717, 1.165) is 11.3 Å². The minimum absolute atomic E-state index is 0.276. The molecule has 1 N–H and O–H groups in total. The summed E-state index contributed by atoms with van der Waals surface area (Å²) in [6.45, 7) is 0. The summed E-state index contributed by atoms with van der Waals surface area (Å²) in [5, 5.41) is 9.05. The fraction of sp³-hybridized carbons (Fsp3) is 0.0909. The van der Waals surface area contributed by atoms with Gasteiger partial charge in [-0.05, 0) is 23.8 Å². The van der Waals surface area contributed by atoms with E-state index in [9.17, 15) is 0 Å². The lowest BCUT2D eigenvalue weighted by molar-refractivity contribution is 0.968. The number of nitrogens with one attached hydrogen (secondary N) is 1. The molecular formula is C11H9N3. The van der Waals surface area contributed by atoms with Crippen LogP contribution in [0.2, 0.25) is 0 Å². The predicted octanol–water partition coefficient (Wildman–Crippen LogP) is 2.07. The molecule has 0 bridgehead atoms. The molecular weight excluding hydrogens is 174 g/mol. The summed E-state index contributed by atoms with van der Waals surface area (Å²) in [6, 6.07) is 9.72. The van der Waals surface area contributed by atoms with Gasteiger partial charge in [0.05, 0.1) is 11.8 Å². The highest BCUT2D eigenvalue weighted by Crippen LogP contribution is 2.20. The molecule has 3 heteroatoms. The van der Waals surface area contributed by atoms with Crippen molar-refractivity contribution < 1.29 is 0 Å². The molecule has 0 aliphatic carbocycles. The zero-order valence-corrected chi connectivity index (χ0v) is 7.51. The second-order valence-corrected chi connectivity index (χ2v) is 2.96. The maximum atomic E-state index is 9.05. The second kappa shape index (κ2) is 3.75. The second-order valence-electron chi connectivity index (χ2n) is 2.96. The van der Waals surface area contributed by atoms with E-state index < -0.39 is 0 Å². The van der Waals surface area contributed by atoms with Gasteiger partial charge >= 0.3 is 0 Å². The summed E-state index contributed by atoms with van der Waals surface area (Å²) in [5.74, 6) is -0.276. The van der Waals surface area contributed by atoms with Gasteiger partial charge in [0.25, 0.3) is 0 Å². The number of nitrogens with zero attached hydrogens (tertiary/aromatic N) is 2. The lowest BCUT2D eigenvalue weighted by Crippen LogP contribution is -1.98. The molecule has 14 heavy (non-hydrogen) atoms. The van der Waals surface area contributed by atoms with Gasteiger partial charge in [0, 0.05) is 18.6 Å². The third-order valence-corrected chi connectivity index (χ3v) is 2.07. The summed E-state index contributed by atoms with van der Waals surface area (Å²) in [7, 11) is 0. The Labute approximate surface area is 82.0 Å². The predicted molar refractivity (Wildman–Crippen MR) is 52.5 cm³/mol. The summed E-state index contributed by atoms with van der Waals surface area (Å²) in [4.78, 5) is 7.10. The first-order valence-corrected chi connectivity index (χ1v) is 4.35. The van der Waals surface area contributed by atoms with Crippen molar-refractivity contribution in [3.8, 4) is 6.07 Å². The van der Waals surface area contributed by atoms with E-state index in [1.165, 1.54) is 0 Å². The van der Waals surface area contributed by atoms with Crippen LogP contribution in [-0.4, -0.2) is 9.97 Å². The zero-order chi connectivity index (χ0) is 9.80. The minimum atomic E-state index is -0.276. The molecule has 2 heterocycles. The topological polar surface area (TPSA) is 52.5 Å². The van der Waals surface area contributed by atoms with E-state index >= 15 is 0 Å². The molecule has 3 nitrogen and oxygen atoms in total. The third kappa shape index (κ3) is 1.50. The third-order valence-electron chi connectivity index (χ3n) is 2.07. The number of nitriles is 1. The molecule has 1 unspecified atom stereocenters. The van der Waals surface area contributed by atoms with Crippen molar-refractivity contribution in [3.05, 3.63) is 54.1 Å². The molecule has 0 aliphatic heterocycles. The highest BCUT2D eigenvalue weighted by molar-refractivity contribution is 5.32. The maximum Gasteiger partial charge on any atom is 0.115 e. The molecule has 1 atom stereocenters. The van der Waals surface area contributed by atoms with Crippen LogP contribution in [0.1, 0.15) is 17.2 Å². The van der Waals surface area contributed by atoms with Crippen LogP contribution in [0, 0.1) is 11.3 Å². The van der Waals surface area contributed by atoms with Gasteiger partial charge in [0.2, 0.25) is 0 Å². The van der Waals surface area contributed by atoms with Crippen LogP contribution >= 0.6 is 0 Å². The van der Waals surface area contributed by atoms with Crippen LogP contribution in [0.25, 0.3) is 0 Å². The number of aromatic nitrogens is 2. The van der Waals surface area contributed by atoms with Crippen molar-refractivity contribution in [1.82, 2.24) is 9.97 Å². The maximum absolute atomic E-state index is 9.05. The molecule has 2 aromatic rings. The van der Waals surface area contributed by atoms with Gasteiger partial charge in [-0.25, -0.2) is 0 Å². The van der Waals surface area contributed by atoms with Gasteiger partial charge in [-0.2, -0.15) is 5.26 Å². The van der Waals surface area contributed by atoms with Gasteiger partial charge in [-0.3, -0.25) is 4.98 Å². The number of pyridine rings is 1. The van der Waals surface area contributed by atoms with E-state index in [1.54, 1.807) is 6.20 Å². The average Bonchev–Trinajstić information content (AvgIpc) is 2.74. The van der Waals surface area contributed by atoms with Crippen LogP contribution in [0.3, 0.4) is 0 Å². The molecule has 68 valence electrons. The highest BCUT2D eigenvalue weighted by Gasteiger charge is 2.13. The smallest absolute Gasteiger partial charge is 0.115 e. The standard InChI is InChI=1S/C11H9N3/c12-7-10(9-4-6-13-8-9)11-3-1-2-5-14-11/h1-6,8,10,13H. The molecule has 0 radical (unpaired) electrons. The van der Waals surface area contributed by atoms with E-state index in [0.29, 0.717) is 0 Å². The Bertz CT molecular complexity index is 425. The van der Waals surface area contributed by atoms with Crippen molar-refractivity contribution in [2.24, 2.45) is 0 Å². The zero-order valence-electron chi connectivity index (χ0n) is 7.51. The summed E-state index contributed by atoms with van der Waals surface area (Å²) >= 11 is 0. The van der Waals surface area contributed by atoms with Crippen molar-refractivity contribution in [2.75, 3.05) is 0 Å². The van der Waals surface area contributed by atoms with Gasteiger partial charge < -0.3 is 4.98 Å². The van der Waals surface area contributed by atoms with Gasteiger partial charge in [0.15, 0.2) is 0 Å². The van der Waals surface area contributed by atoms with Gasteiger partial charge in [-0.1, -0.05) is 6.07 Å². The molecule has 0 saturated heterocycles. The normalized spacial score (nSPS) is 11.9. The van der Waals surface area contributed by atoms with Crippen molar-refractivity contribution in [2.45, 2.75) is 5.92 Å². The molecule has 2 aromatic heterocycles. The summed E-state index contributed by atoms with van der Waals surface area (Å²) in [6.07, 6.45) is 5.33.